The maximum atomic E-state index is 13.0. The van der Waals surface area contributed by atoms with Crippen molar-refractivity contribution in [2.75, 3.05) is 25.0 Å². The third-order valence-electron chi connectivity index (χ3n) is 6.63. The Bertz CT molecular complexity index is 1180. The number of hydrogen-bond acceptors (Lipinski definition) is 4. The highest BCUT2D eigenvalue weighted by molar-refractivity contribution is 6.03. The molecule has 33 heavy (non-hydrogen) atoms. The molecule has 172 valence electrons. The molecule has 2 bridgehead atoms. The molecule has 4 heterocycles. The van der Waals surface area contributed by atoms with Crippen molar-refractivity contribution in [1.82, 2.24) is 15.5 Å². The van der Waals surface area contributed by atoms with E-state index in [4.69, 9.17) is 4.42 Å². The van der Waals surface area contributed by atoms with Crippen molar-refractivity contribution < 1.29 is 14.0 Å². The summed E-state index contributed by atoms with van der Waals surface area (Å²) in [4.78, 5) is 27.8. The van der Waals surface area contributed by atoms with Crippen molar-refractivity contribution in [2.24, 2.45) is 5.92 Å². The van der Waals surface area contributed by atoms with Crippen LogP contribution >= 0.6 is 0 Å². The lowest BCUT2D eigenvalue weighted by atomic mass is 9.84. The van der Waals surface area contributed by atoms with E-state index in [1.165, 1.54) is 0 Å². The molecule has 1 atom stereocenters. The minimum atomic E-state index is -0.262. The molecule has 6 rings (SSSR count). The van der Waals surface area contributed by atoms with Crippen molar-refractivity contribution in [1.29, 1.82) is 0 Å². The first-order valence-electron chi connectivity index (χ1n) is 11.7. The van der Waals surface area contributed by atoms with Gasteiger partial charge in [0, 0.05) is 35.1 Å². The minimum Gasteiger partial charge on any atom is -0.450 e. The number of nitrogens with zero attached hydrogens (tertiary/aromatic N) is 1. The second-order valence-corrected chi connectivity index (χ2v) is 9.35. The fourth-order valence-electron chi connectivity index (χ4n) is 5.00. The van der Waals surface area contributed by atoms with Gasteiger partial charge in [-0.15, -0.1) is 0 Å². The third kappa shape index (κ3) is 4.46. The summed E-state index contributed by atoms with van der Waals surface area (Å²) in [6, 6.07) is 15.2. The van der Waals surface area contributed by atoms with E-state index in [0.29, 0.717) is 22.9 Å². The Morgan fingerprint density at radius 3 is 2.52 bits per heavy atom. The predicted octanol–water partition coefficient (Wildman–Crippen LogP) is 4.45. The smallest absolute Gasteiger partial charge is 0.319 e. The number of nitrogens with one attached hydrogen (secondary N) is 3. The molecule has 7 heteroatoms. The van der Waals surface area contributed by atoms with E-state index < -0.39 is 0 Å². The van der Waals surface area contributed by atoms with Gasteiger partial charge in [-0.3, -0.25) is 4.79 Å². The molecule has 0 aliphatic carbocycles. The highest BCUT2D eigenvalue weighted by Crippen LogP contribution is 2.35. The van der Waals surface area contributed by atoms with Crippen LogP contribution in [0.3, 0.4) is 0 Å². The number of benzene rings is 2. The number of piperidine rings is 3. The molecule has 0 radical (unpaired) electrons. The molecule has 3 amide bonds. The van der Waals surface area contributed by atoms with Crippen molar-refractivity contribution in [3.8, 4) is 11.1 Å². The SMILES string of the molecule is CC(C)NC(=O)Nc1ccccc1-c1cccc2cc(C(=O)NC3CN4CCC3CC4)oc12. The Morgan fingerprint density at radius 2 is 1.79 bits per heavy atom. The van der Waals surface area contributed by atoms with Crippen LogP contribution in [0, 0.1) is 5.92 Å². The number of carbonyl (C=O) groups is 2. The minimum absolute atomic E-state index is 0.0305. The van der Waals surface area contributed by atoms with Gasteiger partial charge in [0.05, 0.1) is 5.69 Å². The van der Waals surface area contributed by atoms with Crippen molar-refractivity contribution >= 4 is 28.6 Å². The molecule has 3 aliphatic rings. The number of furan rings is 1. The highest BCUT2D eigenvalue weighted by Gasteiger charge is 2.35. The molecule has 3 aromatic rings. The zero-order valence-corrected chi connectivity index (χ0v) is 19.1. The van der Waals surface area contributed by atoms with Gasteiger partial charge in [-0.25, -0.2) is 4.79 Å². The Hall–Kier alpha value is -3.32. The second-order valence-electron chi connectivity index (χ2n) is 9.35. The Balaban J connectivity index is 1.42. The van der Waals surface area contributed by atoms with Crippen LogP contribution in [0.2, 0.25) is 0 Å². The van der Waals surface area contributed by atoms with E-state index >= 15 is 0 Å². The van der Waals surface area contributed by atoms with Crippen LogP contribution in [0.25, 0.3) is 22.1 Å². The van der Waals surface area contributed by atoms with Gasteiger partial charge in [0.15, 0.2) is 5.76 Å². The Labute approximate surface area is 193 Å². The standard InChI is InChI=1S/C26H30N4O3/c1-16(2)27-26(32)29-21-9-4-3-7-19(21)20-8-5-6-18-14-23(33-24(18)20)25(31)28-22-15-30-12-10-17(22)11-13-30/h3-9,14,16-17,22H,10-13,15H2,1-2H3,(H,28,31)(H2,27,29,32). The van der Waals surface area contributed by atoms with E-state index in [-0.39, 0.29) is 24.0 Å². The van der Waals surface area contributed by atoms with Crippen molar-refractivity contribution in [2.45, 2.75) is 38.8 Å². The summed E-state index contributed by atoms with van der Waals surface area (Å²) in [7, 11) is 0. The van der Waals surface area contributed by atoms with Crippen LogP contribution in [0.1, 0.15) is 37.2 Å². The average molecular weight is 447 g/mol. The van der Waals surface area contributed by atoms with Crippen LogP contribution in [0.4, 0.5) is 10.5 Å². The molecule has 1 unspecified atom stereocenters. The predicted molar refractivity (Wildman–Crippen MR) is 129 cm³/mol. The van der Waals surface area contributed by atoms with Crippen LogP contribution in [-0.4, -0.2) is 48.6 Å². The summed E-state index contributed by atoms with van der Waals surface area (Å²) in [6.07, 6.45) is 2.28. The fraction of sp³-hybridized carbons (Fsp3) is 0.385. The molecule has 3 N–H and O–H groups in total. The van der Waals surface area contributed by atoms with Gasteiger partial charge in [-0.2, -0.15) is 0 Å². The van der Waals surface area contributed by atoms with Crippen LogP contribution < -0.4 is 16.0 Å². The molecule has 3 saturated heterocycles. The van der Waals surface area contributed by atoms with E-state index in [1.807, 2.05) is 56.3 Å². The maximum Gasteiger partial charge on any atom is 0.319 e. The molecule has 1 aromatic heterocycles. The number of para-hydroxylation sites is 2. The number of carbonyl (C=O) groups excluding carboxylic acids is 2. The summed E-state index contributed by atoms with van der Waals surface area (Å²) in [5, 5.41) is 9.83. The number of rotatable bonds is 5. The molecular formula is C26H30N4O3. The monoisotopic (exact) mass is 446 g/mol. The lowest BCUT2D eigenvalue weighted by molar-refractivity contribution is 0.0607. The maximum absolute atomic E-state index is 13.0. The summed E-state index contributed by atoms with van der Waals surface area (Å²) >= 11 is 0. The molecular weight excluding hydrogens is 416 g/mol. The first-order valence-corrected chi connectivity index (χ1v) is 11.7. The summed E-state index contributed by atoms with van der Waals surface area (Å²) in [6.45, 7) is 7.01. The molecule has 0 saturated carbocycles. The van der Waals surface area contributed by atoms with Gasteiger partial charge in [-0.05, 0) is 57.8 Å². The summed E-state index contributed by atoms with van der Waals surface area (Å²) < 4.78 is 6.11. The van der Waals surface area contributed by atoms with Crippen LogP contribution in [0.5, 0.6) is 0 Å². The lowest BCUT2D eigenvalue weighted by Gasteiger charge is -2.44. The van der Waals surface area contributed by atoms with Gasteiger partial charge in [-0.1, -0.05) is 36.4 Å². The summed E-state index contributed by atoms with van der Waals surface area (Å²) in [5.41, 5.74) is 2.98. The number of fused-ring (bicyclic) bond motifs is 4. The fourth-order valence-corrected chi connectivity index (χ4v) is 5.00. The normalized spacial score (nSPS) is 21.8. The molecule has 0 spiro atoms. The molecule has 3 fully saturated rings. The Morgan fingerprint density at radius 1 is 1.03 bits per heavy atom. The average Bonchev–Trinajstić information content (AvgIpc) is 3.25. The van der Waals surface area contributed by atoms with Crippen molar-refractivity contribution in [3.05, 3.63) is 54.3 Å². The quantitative estimate of drug-likeness (QED) is 0.540. The van der Waals surface area contributed by atoms with E-state index in [0.717, 1.165) is 49.0 Å². The number of amides is 3. The first kappa shape index (κ1) is 21.5. The van der Waals surface area contributed by atoms with E-state index in [9.17, 15) is 9.59 Å². The van der Waals surface area contributed by atoms with Crippen LogP contribution in [-0.2, 0) is 0 Å². The topological polar surface area (TPSA) is 86.6 Å². The summed E-state index contributed by atoms with van der Waals surface area (Å²) in [5.74, 6) is 0.698. The zero-order valence-electron chi connectivity index (χ0n) is 19.1. The first-order chi connectivity index (χ1) is 16.0. The number of anilines is 1. The van der Waals surface area contributed by atoms with E-state index in [2.05, 4.69) is 20.9 Å². The van der Waals surface area contributed by atoms with Gasteiger partial charge < -0.3 is 25.3 Å². The zero-order chi connectivity index (χ0) is 22.9. The van der Waals surface area contributed by atoms with Crippen LogP contribution in [0.15, 0.2) is 52.9 Å². The largest absolute Gasteiger partial charge is 0.450 e. The molecule has 2 aromatic carbocycles. The molecule has 3 aliphatic heterocycles. The van der Waals surface area contributed by atoms with Gasteiger partial charge in [0.1, 0.15) is 5.58 Å². The van der Waals surface area contributed by atoms with Gasteiger partial charge in [0.25, 0.3) is 5.91 Å². The van der Waals surface area contributed by atoms with E-state index in [1.54, 1.807) is 6.07 Å². The van der Waals surface area contributed by atoms with Gasteiger partial charge >= 0.3 is 6.03 Å². The highest BCUT2D eigenvalue weighted by atomic mass is 16.3. The number of urea groups is 1. The van der Waals surface area contributed by atoms with Gasteiger partial charge in [0.2, 0.25) is 0 Å². The lowest BCUT2D eigenvalue weighted by Crippen LogP contribution is -2.57. The third-order valence-corrected chi connectivity index (χ3v) is 6.63. The van der Waals surface area contributed by atoms with Crippen molar-refractivity contribution in [3.63, 3.8) is 0 Å². The second kappa shape index (κ2) is 8.90. The molecule has 7 nitrogen and oxygen atoms in total. The Kier molecular flexibility index (Phi) is 5.81. The number of hydrogen-bond donors (Lipinski definition) is 3.